The van der Waals surface area contributed by atoms with Gasteiger partial charge >= 0.3 is 0 Å². The lowest BCUT2D eigenvalue weighted by Crippen LogP contribution is -2.53. The third-order valence-corrected chi connectivity index (χ3v) is 8.34. The van der Waals surface area contributed by atoms with Crippen molar-refractivity contribution < 1.29 is 14.6 Å². The van der Waals surface area contributed by atoms with E-state index in [4.69, 9.17) is 9.72 Å². The minimum absolute atomic E-state index is 0.144. The zero-order chi connectivity index (χ0) is 24.9. The van der Waals surface area contributed by atoms with Crippen LogP contribution in [0.4, 0.5) is 0 Å². The fraction of sp³-hybridized carbons (Fsp3) is 0.517. The average molecular weight is 489 g/mol. The Hall–Kier alpha value is -2.74. The maximum atomic E-state index is 13.4. The zero-order valence-electron chi connectivity index (χ0n) is 21.3. The van der Waals surface area contributed by atoms with Crippen LogP contribution in [-0.4, -0.2) is 57.8 Å². The summed E-state index contributed by atoms with van der Waals surface area (Å²) < 4.78 is 5.40. The molecule has 0 unspecified atom stereocenters. The van der Waals surface area contributed by atoms with E-state index in [2.05, 4.69) is 48.5 Å². The topological polar surface area (TPSA) is 90.5 Å². The van der Waals surface area contributed by atoms with Crippen molar-refractivity contribution in [1.82, 2.24) is 20.2 Å². The van der Waals surface area contributed by atoms with Crippen molar-refractivity contribution in [3.8, 4) is 11.1 Å². The molecule has 0 aliphatic carbocycles. The number of fused-ring (bicyclic) bond motifs is 2. The molecular weight excluding hydrogens is 452 g/mol. The van der Waals surface area contributed by atoms with Crippen molar-refractivity contribution in [2.24, 2.45) is 0 Å². The van der Waals surface area contributed by atoms with Crippen LogP contribution in [0.2, 0.25) is 0 Å². The summed E-state index contributed by atoms with van der Waals surface area (Å²) in [4.78, 5) is 23.3. The van der Waals surface area contributed by atoms with Gasteiger partial charge in [0, 0.05) is 68.5 Å². The van der Waals surface area contributed by atoms with E-state index in [9.17, 15) is 9.90 Å². The van der Waals surface area contributed by atoms with Gasteiger partial charge in [-0.15, -0.1) is 0 Å². The van der Waals surface area contributed by atoms with Crippen molar-refractivity contribution in [2.45, 2.75) is 70.1 Å². The SMILES string of the molecule is CC(C)c1c[nH]c2ncc(-c3cc4c(c([C@@H]5CCCN5)c3)CN(C(=O)C3(O)CCOCC3)CC4)cc12. The molecule has 1 aromatic carbocycles. The lowest BCUT2D eigenvalue weighted by atomic mass is 9.85. The number of aliphatic hydroxyl groups is 1. The molecule has 3 aromatic rings. The van der Waals surface area contributed by atoms with Gasteiger partial charge in [-0.3, -0.25) is 4.79 Å². The molecule has 190 valence electrons. The number of hydrogen-bond acceptors (Lipinski definition) is 5. The highest BCUT2D eigenvalue weighted by molar-refractivity contribution is 5.86. The molecule has 3 N–H and O–H groups in total. The second kappa shape index (κ2) is 9.29. The van der Waals surface area contributed by atoms with Crippen molar-refractivity contribution in [1.29, 1.82) is 0 Å². The molecule has 0 saturated carbocycles. The van der Waals surface area contributed by atoms with E-state index < -0.39 is 5.60 Å². The van der Waals surface area contributed by atoms with Crippen molar-refractivity contribution >= 4 is 16.9 Å². The number of nitrogens with one attached hydrogen (secondary N) is 2. The van der Waals surface area contributed by atoms with Gasteiger partial charge in [-0.05, 0) is 71.7 Å². The first-order valence-corrected chi connectivity index (χ1v) is 13.4. The minimum atomic E-state index is -1.30. The highest BCUT2D eigenvalue weighted by Crippen LogP contribution is 2.37. The van der Waals surface area contributed by atoms with Gasteiger partial charge in [0.15, 0.2) is 0 Å². The lowest BCUT2D eigenvalue weighted by Gasteiger charge is -2.39. The highest BCUT2D eigenvalue weighted by Gasteiger charge is 2.41. The van der Waals surface area contributed by atoms with E-state index in [1.807, 2.05) is 11.1 Å². The Labute approximate surface area is 212 Å². The van der Waals surface area contributed by atoms with Crippen molar-refractivity contribution in [3.63, 3.8) is 0 Å². The molecule has 7 nitrogen and oxygen atoms in total. The first-order chi connectivity index (χ1) is 17.4. The zero-order valence-corrected chi connectivity index (χ0v) is 21.3. The molecule has 1 atom stereocenters. The van der Waals surface area contributed by atoms with E-state index in [1.54, 1.807) is 0 Å². The number of hydrogen-bond donors (Lipinski definition) is 3. The molecule has 3 aliphatic rings. The predicted octanol–water partition coefficient (Wildman–Crippen LogP) is 4.20. The van der Waals surface area contributed by atoms with E-state index in [1.165, 1.54) is 33.2 Å². The van der Waals surface area contributed by atoms with Crippen LogP contribution in [0.15, 0.2) is 30.6 Å². The average Bonchev–Trinajstić information content (AvgIpc) is 3.58. The number of rotatable bonds is 4. The maximum absolute atomic E-state index is 13.4. The summed E-state index contributed by atoms with van der Waals surface area (Å²) in [6, 6.07) is 7.16. The van der Waals surface area contributed by atoms with Gasteiger partial charge in [0.25, 0.3) is 5.91 Å². The molecule has 0 radical (unpaired) electrons. The summed E-state index contributed by atoms with van der Waals surface area (Å²) in [5.41, 5.74) is 7.06. The van der Waals surface area contributed by atoms with Crippen LogP contribution in [0.1, 0.15) is 73.7 Å². The smallest absolute Gasteiger partial charge is 0.255 e. The Bertz CT molecular complexity index is 1290. The van der Waals surface area contributed by atoms with Gasteiger partial charge in [-0.1, -0.05) is 19.9 Å². The molecule has 7 heteroatoms. The molecule has 3 aliphatic heterocycles. The molecule has 1 amide bonds. The molecule has 0 bridgehead atoms. The van der Waals surface area contributed by atoms with Gasteiger partial charge in [0.05, 0.1) is 0 Å². The quantitative estimate of drug-likeness (QED) is 0.512. The maximum Gasteiger partial charge on any atom is 0.255 e. The third kappa shape index (κ3) is 4.13. The molecule has 5 heterocycles. The summed E-state index contributed by atoms with van der Waals surface area (Å²) in [6.07, 6.45) is 7.83. The Morgan fingerprint density at radius 2 is 2.06 bits per heavy atom. The Morgan fingerprint density at radius 1 is 1.22 bits per heavy atom. The highest BCUT2D eigenvalue weighted by atomic mass is 16.5. The van der Waals surface area contributed by atoms with Crippen LogP contribution in [0, 0.1) is 0 Å². The fourth-order valence-electron chi connectivity index (χ4n) is 6.18. The monoisotopic (exact) mass is 488 g/mol. The summed E-state index contributed by atoms with van der Waals surface area (Å²) in [7, 11) is 0. The Morgan fingerprint density at radius 3 is 2.81 bits per heavy atom. The Kier molecular flexibility index (Phi) is 6.10. The normalized spacial score (nSPS) is 21.8. The minimum Gasteiger partial charge on any atom is -0.381 e. The number of benzene rings is 1. The molecule has 0 spiro atoms. The summed E-state index contributed by atoms with van der Waals surface area (Å²) in [5, 5.41) is 15.9. The standard InChI is InChI=1S/C29H36N4O3/c1-18(2)24-16-32-27-23(24)14-21(15-31-27)20-12-19-5-9-33(28(34)29(35)6-10-36-11-7-29)17-25(19)22(13-20)26-4-3-8-30-26/h12-16,18,26,30,35H,3-11,17H2,1-2H3,(H,31,32)/t26-/m0/s1. The molecule has 2 fully saturated rings. The van der Waals surface area contributed by atoms with E-state index in [0.717, 1.165) is 37.0 Å². The predicted molar refractivity (Wildman–Crippen MR) is 140 cm³/mol. The van der Waals surface area contributed by atoms with Gasteiger partial charge in [-0.2, -0.15) is 0 Å². The lowest BCUT2D eigenvalue weighted by molar-refractivity contribution is -0.161. The number of pyridine rings is 1. The third-order valence-electron chi connectivity index (χ3n) is 8.34. The van der Waals surface area contributed by atoms with Crippen LogP contribution in [0.5, 0.6) is 0 Å². The number of carbonyl (C=O) groups is 1. The number of aromatic nitrogens is 2. The molecule has 36 heavy (non-hydrogen) atoms. The number of aromatic amines is 1. The van der Waals surface area contributed by atoms with Crippen LogP contribution in [0.25, 0.3) is 22.2 Å². The Balaban J connectivity index is 1.38. The van der Waals surface area contributed by atoms with Gasteiger partial charge in [0.2, 0.25) is 0 Å². The first-order valence-electron chi connectivity index (χ1n) is 13.4. The second-order valence-corrected chi connectivity index (χ2v) is 11.0. The number of carbonyl (C=O) groups excluding carboxylic acids is 1. The van der Waals surface area contributed by atoms with Gasteiger partial charge in [0.1, 0.15) is 11.2 Å². The van der Waals surface area contributed by atoms with Crippen molar-refractivity contribution in [3.05, 3.63) is 52.8 Å². The summed E-state index contributed by atoms with van der Waals surface area (Å²) in [5.74, 6) is 0.279. The van der Waals surface area contributed by atoms with Crippen LogP contribution in [-0.2, 0) is 22.5 Å². The molecular formula is C29H36N4O3. The second-order valence-electron chi connectivity index (χ2n) is 11.0. The number of ether oxygens (including phenoxy) is 1. The molecule has 2 aromatic heterocycles. The van der Waals surface area contributed by atoms with Crippen molar-refractivity contribution in [2.75, 3.05) is 26.3 Å². The van der Waals surface area contributed by atoms with E-state index in [-0.39, 0.29) is 11.9 Å². The fourth-order valence-corrected chi connectivity index (χ4v) is 6.18. The van der Waals surface area contributed by atoms with Gasteiger partial charge in [-0.25, -0.2) is 4.98 Å². The number of nitrogens with zero attached hydrogens (tertiary/aromatic N) is 2. The molecule has 6 rings (SSSR count). The van der Waals surface area contributed by atoms with E-state index in [0.29, 0.717) is 45.1 Å². The molecule has 2 saturated heterocycles. The summed E-state index contributed by atoms with van der Waals surface area (Å²) in [6.45, 7) is 7.49. The number of amides is 1. The largest absolute Gasteiger partial charge is 0.381 e. The number of H-pyrrole nitrogens is 1. The first kappa shape index (κ1) is 23.6. The van der Waals surface area contributed by atoms with Crippen LogP contribution in [0.3, 0.4) is 0 Å². The van der Waals surface area contributed by atoms with E-state index >= 15 is 0 Å². The van der Waals surface area contributed by atoms with Crippen LogP contribution < -0.4 is 5.32 Å². The van der Waals surface area contributed by atoms with Crippen LogP contribution >= 0.6 is 0 Å². The summed E-state index contributed by atoms with van der Waals surface area (Å²) >= 11 is 0. The van der Waals surface area contributed by atoms with Gasteiger partial charge < -0.3 is 25.0 Å².